The summed E-state index contributed by atoms with van der Waals surface area (Å²) in [4.78, 5) is 54.3. The lowest BCUT2D eigenvalue weighted by Crippen LogP contribution is -2.68. The smallest absolute Gasteiger partial charge is 0.418 e. The Bertz CT molecular complexity index is 1930. The molecule has 52 heavy (non-hydrogen) atoms. The summed E-state index contributed by atoms with van der Waals surface area (Å²) in [5.74, 6) is -2.48. The van der Waals surface area contributed by atoms with E-state index in [4.69, 9.17) is 30.6 Å². The fourth-order valence-corrected chi connectivity index (χ4v) is 6.66. The highest BCUT2D eigenvalue weighted by Gasteiger charge is 2.57. The molecule has 3 aromatic rings. The molecule has 0 radical (unpaired) electrons. The zero-order valence-electron chi connectivity index (χ0n) is 28.5. The Balaban J connectivity index is 1.24. The van der Waals surface area contributed by atoms with Gasteiger partial charge in [-0.15, -0.1) is 15.6 Å². The predicted octanol–water partition coefficient (Wildman–Crippen LogP) is -0.220. The molecule has 2 saturated heterocycles. The highest BCUT2D eigenvalue weighted by molar-refractivity contribution is 7.80. The van der Waals surface area contributed by atoms with E-state index < -0.39 is 64.4 Å². The van der Waals surface area contributed by atoms with Gasteiger partial charge in [-0.25, -0.2) is 14.3 Å². The van der Waals surface area contributed by atoms with E-state index in [9.17, 15) is 27.9 Å². The molecule has 1 unspecified atom stereocenters. The number of nitrogens with two attached hydrogens (primary N) is 2. The van der Waals surface area contributed by atoms with Gasteiger partial charge in [0.25, 0.3) is 12.0 Å². The molecule has 0 saturated carbocycles. The molecule has 2 aliphatic heterocycles. The summed E-state index contributed by atoms with van der Waals surface area (Å²) in [5.41, 5.74) is 11.5. The number of amides is 1. The fourth-order valence-electron chi connectivity index (χ4n) is 5.65. The van der Waals surface area contributed by atoms with E-state index in [1.54, 1.807) is 30.5 Å². The van der Waals surface area contributed by atoms with Gasteiger partial charge in [0.2, 0.25) is 0 Å². The van der Waals surface area contributed by atoms with Crippen LogP contribution in [-0.4, -0.2) is 107 Å². The molecular weight excluding hydrogens is 723 g/mol. The normalized spacial score (nSPS) is 17.9. The van der Waals surface area contributed by atoms with Crippen LogP contribution < -0.4 is 31.0 Å². The molecule has 280 valence electrons. The van der Waals surface area contributed by atoms with Crippen molar-refractivity contribution in [3.8, 4) is 16.9 Å². The first kappa shape index (κ1) is 38.4. The van der Waals surface area contributed by atoms with Crippen molar-refractivity contribution in [2.24, 2.45) is 29.8 Å². The van der Waals surface area contributed by atoms with Crippen LogP contribution in [0.15, 0.2) is 47.2 Å². The maximum Gasteiger partial charge on any atom is 0.418 e. The number of carboxylic acid groups (broad SMARTS) is 1. The Kier molecular flexibility index (Phi) is 11.7. The molecule has 0 spiro atoms. The molecule has 7 N–H and O–H groups in total. The van der Waals surface area contributed by atoms with Crippen LogP contribution in [-0.2, 0) is 41.0 Å². The number of anilines is 2. The first-order chi connectivity index (χ1) is 24.6. The molecule has 2 fully saturated rings. The number of nitrogens with zero attached hydrogens (tertiary/aromatic N) is 6. The second-order valence-corrected chi connectivity index (χ2v) is 14.7. The van der Waals surface area contributed by atoms with Gasteiger partial charge in [-0.05, 0) is 31.5 Å². The van der Waals surface area contributed by atoms with Gasteiger partial charge in [0.15, 0.2) is 16.6 Å². The molecule has 2 atom stereocenters. The zero-order valence-corrected chi connectivity index (χ0v) is 30.2. The third kappa shape index (κ3) is 8.97. The van der Waals surface area contributed by atoms with Crippen LogP contribution in [0, 0.1) is 11.8 Å². The number of benzene rings is 1. The number of aryl methyl sites for hydroxylation is 1. The molecule has 21 heteroatoms. The molecular formula is C31H40N9O10S2+. The first-order valence-electron chi connectivity index (χ1n) is 16.0. The molecule has 0 bridgehead atoms. The highest BCUT2D eigenvalue weighted by atomic mass is 32.3. The maximum absolute atomic E-state index is 13.4. The van der Waals surface area contributed by atoms with E-state index in [1.165, 1.54) is 19.2 Å². The third-order valence-corrected chi connectivity index (χ3v) is 9.60. The predicted molar refractivity (Wildman–Crippen MR) is 186 cm³/mol. The van der Waals surface area contributed by atoms with Crippen LogP contribution in [0.4, 0.5) is 11.1 Å². The van der Waals surface area contributed by atoms with Crippen LogP contribution in [0.1, 0.15) is 26.0 Å². The van der Waals surface area contributed by atoms with Gasteiger partial charge in [-0.1, -0.05) is 22.3 Å². The average molecular weight is 763 g/mol. The van der Waals surface area contributed by atoms with Crippen molar-refractivity contribution in [2.45, 2.75) is 31.9 Å². The largest absolute Gasteiger partial charge is 0.489 e. The number of ether oxygens (including phenoxy) is 1. The SMILES string of the molecule is C[n+]1cc(-c2ccc(OCC(O/N=C(\C(=O)C[C@@H]3C(=O)N(OS(=O)(=O)O)C3(C)C)c3csc(N)n3)C(=O)O)cc2)cnc1N(CCN)CC1CNC1. The van der Waals surface area contributed by atoms with E-state index in [0.29, 0.717) is 29.8 Å². The maximum atomic E-state index is 13.4. The Hall–Kier alpha value is -4.80. The van der Waals surface area contributed by atoms with E-state index in [-0.39, 0.29) is 10.8 Å². The number of hydrogen-bond donors (Lipinski definition) is 5. The van der Waals surface area contributed by atoms with Gasteiger partial charge in [-0.2, -0.15) is 13.5 Å². The first-order valence-corrected chi connectivity index (χ1v) is 18.3. The summed E-state index contributed by atoms with van der Waals surface area (Å²) in [7, 11) is -3.07. The van der Waals surface area contributed by atoms with E-state index >= 15 is 0 Å². The lowest BCUT2D eigenvalue weighted by atomic mass is 9.74. The van der Waals surface area contributed by atoms with Gasteiger partial charge >= 0.3 is 22.3 Å². The van der Waals surface area contributed by atoms with Gasteiger partial charge in [0.1, 0.15) is 24.2 Å². The number of hydrogen-bond acceptors (Lipinski definition) is 16. The fraction of sp³-hybridized carbons (Fsp3) is 0.452. The molecule has 2 aliphatic rings. The molecule has 5 rings (SSSR count). The number of β-lactam (4-membered cyclic amide) rings is 1. The number of thiazole rings is 1. The number of nitrogens with one attached hydrogen (secondary N) is 1. The highest BCUT2D eigenvalue weighted by Crippen LogP contribution is 2.40. The number of oxime groups is 1. The molecule has 0 aliphatic carbocycles. The zero-order chi connectivity index (χ0) is 37.8. The van der Waals surface area contributed by atoms with Gasteiger partial charge in [-0.3, -0.25) is 19.0 Å². The number of aliphatic carboxylic acids is 1. The summed E-state index contributed by atoms with van der Waals surface area (Å²) in [6, 6.07) is 6.92. The minimum absolute atomic E-state index is 0.0255. The summed E-state index contributed by atoms with van der Waals surface area (Å²) < 4.78 is 43.3. The van der Waals surface area contributed by atoms with Crippen LogP contribution in [0.2, 0.25) is 0 Å². The van der Waals surface area contributed by atoms with E-state index in [0.717, 1.165) is 48.0 Å². The number of carboxylic acids is 1. The second-order valence-electron chi connectivity index (χ2n) is 12.8. The molecule has 4 heterocycles. The lowest BCUT2D eigenvalue weighted by Gasteiger charge is -2.50. The summed E-state index contributed by atoms with van der Waals surface area (Å²) in [5, 5.41) is 18.8. The monoisotopic (exact) mass is 762 g/mol. The number of carbonyl (C=O) groups excluding carboxylic acids is 2. The van der Waals surface area contributed by atoms with Crippen molar-refractivity contribution in [2.75, 3.05) is 50.0 Å². The van der Waals surface area contributed by atoms with Crippen LogP contribution in [0.25, 0.3) is 11.1 Å². The van der Waals surface area contributed by atoms with E-state index in [1.807, 2.05) is 17.8 Å². The molecule has 1 amide bonds. The second kappa shape index (κ2) is 15.8. The lowest BCUT2D eigenvalue weighted by molar-refractivity contribution is -0.661. The Labute approximate surface area is 303 Å². The summed E-state index contributed by atoms with van der Waals surface area (Å²) >= 11 is 0.986. The number of hydroxylamine groups is 2. The number of carbonyl (C=O) groups is 3. The van der Waals surface area contributed by atoms with Crippen LogP contribution in [0.3, 0.4) is 0 Å². The minimum atomic E-state index is -5.00. The Morgan fingerprint density at radius 1 is 1.25 bits per heavy atom. The average Bonchev–Trinajstić information content (AvgIpc) is 3.50. The number of rotatable bonds is 18. The standard InChI is InChI=1S/C31H39N9O10S2/c1-31(2)22(27(42)40(31)50-52(45,46)47)10-24(41)26(23-17-51-29(33)36-23)37-49-25(28(43)44)16-48-21-6-4-19(5-7-21)20-13-35-30(38(3)15-20)39(9-8-32)14-18-11-34-12-18/h4-7,13,15,17-18,22,25,34H,8-12,14,16,32H2,1-3H3,(H3-,33,36,43,44,45,46,47)/p+1/b37-26-/t22-,25?/m1/s1. The van der Waals surface area contributed by atoms with Crippen molar-refractivity contribution < 1.29 is 50.9 Å². The number of ketones is 1. The van der Waals surface area contributed by atoms with Crippen molar-refractivity contribution in [3.63, 3.8) is 0 Å². The topological polar surface area (TPSA) is 266 Å². The molecule has 19 nitrogen and oxygen atoms in total. The van der Waals surface area contributed by atoms with Crippen LogP contribution >= 0.6 is 11.3 Å². The van der Waals surface area contributed by atoms with Gasteiger partial charge < -0.3 is 31.5 Å². The quantitative estimate of drug-likeness (QED) is 0.0369. The molecule has 1 aromatic carbocycles. The van der Waals surface area contributed by atoms with Crippen molar-refractivity contribution in [3.05, 3.63) is 47.7 Å². The van der Waals surface area contributed by atoms with E-state index in [2.05, 4.69) is 24.6 Å². The minimum Gasteiger partial charge on any atom is -0.489 e. The molecule has 2 aromatic heterocycles. The summed E-state index contributed by atoms with van der Waals surface area (Å²) in [6.45, 7) is 6.34. The van der Waals surface area contributed by atoms with Crippen molar-refractivity contribution >= 4 is 56.2 Å². The van der Waals surface area contributed by atoms with Crippen molar-refractivity contribution in [1.29, 1.82) is 0 Å². The van der Waals surface area contributed by atoms with Crippen molar-refractivity contribution in [1.82, 2.24) is 20.3 Å². The number of aromatic nitrogens is 3. The number of Topliss-reactive ketones (excluding diaryl/α,β-unsaturated/α-hetero) is 1. The number of nitrogen functional groups attached to an aromatic ring is 1. The van der Waals surface area contributed by atoms with Gasteiger partial charge in [0, 0.05) is 42.9 Å². The van der Waals surface area contributed by atoms with Crippen LogP contribution in [0.5, 0.6) is 5.75 Å². The Morgan fingerprint density at radius 2 is 1.96 bits per heavy atom. The van der Waals surface area contributed by atoms with Gasteiger partial charge in [0.05, 0.1) is 37.8 Å². The summed E-state index contributed by atoms with van der Waals surface area (Å²) in [6.07, 6.45) is 1.58. The third-order valence-electron chi connectivity index (χ3n) is 8.59. The Morgan fingerprint density at radius 3 is 2.50 bits per heavy atom.